The quantitative estimate of drug-likeness (QED) is 0.135. The third-order valence-corrected chi connectivity index (χ3v) is 15.5. The van der Waals surface area contributed by atoms with Crippen LogP contribution >= 0.6 is 0 Å². The zero-order chi connectivity index (χ0) is 51.8. The Morgan fingerprint density at radius 3 is 1.00 bits per heavy atom. The van der Waals surface area contributed by atoms with Crippen molar-refractivity contribution in [3.8, 4) is 78.1 Å². The fourth-order valence-electron chi connectivity index (χ4n) is 12.0. The molecule has 0 fully saturated rings. The van der Waals surface area contributed by atoms with Gasteiger partial charge >= 0.3 is 0 Å². The maximum Gasteiger partial charge on any atom is 0.197 e. The van der Waals surface area contributed by atoms with Crippen molar-refractivity contribution >= 4 is 49.3 Å². The number of nitrogens with zero attached hydrogens (tertiary/aromatic N) is 3. The molecular weight excluding hydrogens is 919 g/mol. The molecule has 76 heavy (non-hydrogen) atoms. The molecule has 0 aliphatic rings. The van der Waals surface area contributed by atoms with Gasteiger partial charge in [-0.1, -0.05) is 192 Å². The molecule has 0 amide bonds. The van der Waals surface area contributed by atoms with Crippen molar-refractivity contribution in [2.75, 3.05) is 0 Å². The zero-order valence-electron chi connectivity index (χ0n) is 43.7. The van der Waals surface area contributed by atoms with Crippen LogP contribution in [0.25, 0.3) is 127 Å². The number of hydrogen-bond donors (Lipinski definition) is 0. The van der Waals surface area contributed by atoms with Gasteiger partial charge in [0.05, 0.1) is 34.3 Å². The first kappa shape index (κ1) is 46.3. The molecule has 0 aliphatic carbocycles. The highest BCUT2D eigenvalue weighted by molar-refractivity contribution is 6.15. The average Bonchev–Trinajstić information content (AvgIpc) is 4.03. The first-order chi connectivity index (χ1) is 37.1. The molecule has 13 aromatic rings. The molecule has 3 nitrogen and oxygen atoms in total. The Hall–Kier alpha value is -9.49. The van der Waals surface area contributed by atoms with Gasteiger partial charge in [0, 0.05) is 38.4 Å². The molecule has 3 heteroatoms. The summed E-state index contributed by atoms with van der Waals surface area (Å²) < 4.78 is 4.89. The second-order valence-corrected chi connectivity index (χ2v) is 20.9. The van der Waals surface area contributed by atoms with Crippen molar-refractivity contribution in [1.29, 1.82) is 0 Å². The Labute approximate surface area is 445 Å². The molecule has 13 rings (SSSR count). The summed E-state index contributed by atoms with van der Waals surface area (Å²) in [5.41, 5.74) is 27.7. The van der Waals surface area contributed by atoms with Gasteiger partial charge in [0.15, 0.2) is 5.69 Å². The Morgan fingerprint density at radius 1 is 0.289 bits per heavy atom. The number of hydrogen-bond acceptors (Lipinski definition) is 0. The van der Waals surface area contributed by atoms with E-state index in [0.29, 0.717) is 5.69 Å². The van der Waals surface area contributed by atoms with Crippen LogP contribution in [-0.2, 0) is 0 Å². The third kappa shape index (κ3) is 7.90. The van der Waals surface area contributed by atoms with Crippen molar-refractivity contribution in [1.82, 2.24) is 9.13 Å². The first-order valence-electron chi connectivity index (χ1n) is 26.3. The monoisotopic (exact) mass is 973 g/mol. The van der Waals surface area contributed by atoms with Crippen LogP contribution < -0.4 is 0 Å². The lowest BCUT2D eigenvalue weighted by molar-refractivity contribution is 1.16. The van der Waals surface area contributed by atoms with Crippen LogP contribution in [0.15, 0.2) is 224 Å². The lowest BCUT2D eigenvalue weighted by atomic mass is 9.88. The van der Waals surface area contributed by atoms with E-state index in [4.69, 9.17) is 6.57 Å². The Bertz CT molecular complexity index is 4340. The largest absolute Gasteiger partial charge is 0.310 e. The van der Waals surface area contributed by atoms with Crippen LogP contribution in [0.1, 0.15) is 33.4 Å². The Kier molecular flexibility index (Phi) is 11.3. The van der Waals surface area contributed by atoms with Crippen molar-refractivity contribution in [3.05, 3.63) is 269 Å². The number of benzene rings is 11. The van der Waals surface area contributed by atoms with Crippen molar-refractivity contribution in [2.45, 2.75) is 41.5 Å². The first-order valence-corrected chi connectivity index (χ1v) is 26.3. The molecule has 0 saturated carbocycles. The molecule has 0 spiro atoms. The summed E-state index contributed by atoms with van der Waals surface area (Å²) in [6.45, 7) is 22.1. The SMILES string of the molecule is [C-]#[N+]c1cccc(-n2c3ccc(-c4cccc(C)c4)cc3c3cc(-c4cccc(C)c4)ccc32)c1-c1c(-c2ccc(C)cc2C)cccc1-n1c2ccc(-c3cccc(C)c3)cc2c2cc(-c3cccc(C)c3)ccc21. The zero-order valence-corrected chi connectivity index (χ0v) is 43.7. The summed E-state index contributed by atoms with van der Waals surface area (Å²) in [5.74, 6) is 0. The highest BCUT2D eigenvalue weighted by Crippen LogP contribution is 2.50. The fourth-order valence-corrected chi connectivity index (χ4v) is 12.0. The topological polar surface area (TPSA) is 14.2 Å². The van der Waals surface area contributed by atoms with E-state index in [-0.39, 0.29) is 0 Å². The van der Waals surface area contributed by atoms with Crippen LogP contribution in [-0.4, -0.2) is 9.13 Å². The number of aromatic nitrogens is 2. The summed E-state index contributed by atoms with van der Waals surface area (Å²) in [6.07, 6.45) is 0. The Morgan fingerprint density at radius 2 is 0.632 bits per heavy atom. The molecule has 2 aromatic heterocycles. The van der Waals surface area contributed by atoms with E-state index in [1.165, 1.54) is 77.5 Å². The van der Waals surface area contributed by atoms with E-state index < -0.39 is 0 Å². The average molecular weight is 974 g/mol. The van der Waals surface area contributed by atoms with Gasteiger partial charge in [0.1, 0.15) is 0 Å². The molecule has 0 aliphatic heterocycles. The van der Waals surface area contributed by atoms with Gasteiger partial charge < -0.3 is 9.13 Å². The van der Waals surface area contributed by atoms with E-state index in [1.54, 1.807) is 0 Å². The minimum Gasteiger partial charge on any atom is -0.310 e. The molecule has 0 atom stereocenters. The van der Waals surface area contributed by atoms with Crippen molar-refractivity contribution in [2.24, 2.45) is 0 Å². The second kappa shape index (κ2) is 18.5. The second-order valence-electron chi connectivity index (χ2n) is 20.9. The molecule has 0 bridgehead atoms. The predicted molar refractivity (Wildman–Crippen MR) is 322 cm³/mol. The summed E-state index contributed by atoms with van der Waals surface area (Å²) in [6, 6.07) is 82.6. The van der Waals surface area contributed by atoms with Crippen LogP contribution in [0.2, 0.25) is 0 Å². The van der Waals surface area contributed by atoms with Crippen molar-refractivity contribution in [3.63, 3.8) is 0 Å². The third-order valence-electron chi connectivity index (χ3n) is 15.5. The van der Waals surface area contributed by atoms with Gasteiger partial charge in [-0.25, -0.2) is 4.85 Å². The van der Waals surface area contributed by atoms with E-state index in [2.05, 4.69) is 274 Å². The van der Waals surface area contributed by atoms with Gasteiger partial charge in [0.2, 0.25) is 0 Å². The van der Waals surface area contributed by atoms with Crippen LogP contribution in [0.5, 0.6) is 0 Å². The number of aryl methyl sites for hydroxylation is 6. The maximum atomic E-state index is 9.07. The minimum absolute atomic E-state index is 0.586. The number of fused-ring (bicyclic) bond motifs is 6. The molecule has 11 aromatic carbocycles. The van der Waals surface area contributed by atoms with Crippen LogP contribution in [0.3, 0.4) is 0 Å². The molecule has 0 N–H and O–H groups in total. The van der Waals surface area contributed by atoms with Crippen LogP contribution in [0, 0.1) is 48.1 Å². The van der Waals surface area contributed by atoms with Gasteiger partial charge in [-0.3, -0.25) is 0 Å². The smallest absolute Gasteiger partial charge is 0.197 e. The maximum absolute atomic E-state index is 9.07. The minimum atomic E-state index is 0.586. The lowest BCUT2D eigenvalue weighted by Gasteiger charge is -2.23. The van der Waals surface area contributed by atoms with Gasteiger partial charge in [-0.2, -0.15) is 0 Å². The van der Waals surface area contributed by atoms with E-state index in [0.717, 1.165) is 77.6 Å². The number of rotatable bonds is 8. The summed E-state index contributed by atoms with van der Waals surface area (Å²) in [7, 11) is 0. The molecule has 0 radical (unpaired) electrons. The fraction of sp³-hybridized carbons (Fsp3) is 0.0822. The van der Waals surface area contributed by atoms with E-state index >= 15 is 0 Å². The normalized spacial score (nSPS) is 11.5. The van der Waals surface area contributed by atoms with E-state index in [1.807, 2.05) is 6.07 Å². The molecule has 0 saturated heterocycles. The van der Waals surface area contributed by atoms with Gasteiger partial charge in [-0.15, -0.1) is 0 Å². The highest BCUT2D eigenvalue weighted by Gasteiger charge is 2.27. The predicted octanol–water partition coefficient (Wildman–Crippen LogP) is 20.3. The summed E-state index contributed by atoms with van der Waals surface area (Å²) >= 11 is 0. The highest BCUT2D eigenvalue weighted by atomic mass is 15.0. The van der Waals surface area contributed by atoms with Gasteiger partial charge in [0.25, 0.3) is 0 Å². The lowest BCUT2D eigenvalue weighted by Crippen LogP contribution is -2.04. The van der Waals surface area contributed by atoms with Crippen LogP contribution in [0.4, 0.5) is 5.69 Å². The van der Waals surface area contributed by atoms with Gasteiger partial charge in [-0.05, 0) is 163 Å². The molecule has 2 heterocycles. The summed E-state index contributed by atoms with van der Waals surface area (Å²) in [4.78, 5) is 4.45. The van der Waals surface area contributed by atoms with Crippen molar-refractivity contribution < 1.29 is 0 Å². The molecular formula is C73H55N3. The molecule has 362 valence electrons. The molecule has 0 unspecified atom stereocenters. The Balaban J connectivity index is 1.14. The van der Waals surface area contributed by atoms with E-state index in [9.17, 15) is 0 Å². The summed E-state index contributed by atoms with van der Waals surface area (Å²) in [5, 5.41) is 4.64. The standard InChI is InChI=1S/C73H55N3/c1-45-14-8-18-51(37-45)55-27-32-66-61(41-55)62-42-56(52-19-9-15-46(2)38-52)28-33-67(62)75(66)70-24-12-22-60(59-31-26-49(5)36-50(59)6)72(70)73-65(74-7)23-13-25-71(73)76-68-34-29-57(53-20-10-16-47(3)39-53)43-63(68)64-44-58(30-35-69(64)76)54-21-11-17-48(4)40-54/h8-44H,1-6H3.